The second-order valence-electron chi connectivity index (χ2n) is 5.18. The number of hydrogen-bond acceptors (Lipinski definition) is 2. The molecule has 1 heterocycles. The van der Waals surface area contributed by atoms with Crippen molar-refractivity contribution in [1.29, 1.82) is 0 Å². The van der Waals surface area contributed by atoms with Crippen molar-refractivity contribution >= 4 is 6.29 Å². The molecule has 0 aromatic heterocycles. The van der Waals surface area contributed by atoms with E-state index < -0.39 is 0 Å². The van der Waals surface area contributed by atoms with Crippen LogP contribution in [0.15, 0.2) is 0 Å². The summed E-state index contributed by atoms with van der Waals surface area (Å²) in [6, 6.07) is 0. The van der Waals surface area contributed by atoms with Crippen molar-refractivity contribution in [2.24, 2.45) is 11.8 Å². The molecule has 0 N–H and O–H groups in total. The van der Waals surface area contributed by atoms with Crippen molar-refractivity contribution in [2.75, 3.05) is 0 Å². The van der Waals surface area contributed by atoms with Crippen molar-refractivity contribution in [3.8, 4) is 0 Å². The fourth-order valence-electron chi connectivity index (χ4n) is 3.12. The Bertz CT molecular complexity index is 226. The highest BCUT2D eigenvalue weighted by molar-refractivity contribution is 5.56. The Labute approximate surface area is 86.0 Å². The molecule has 2 aliphatic rings. The van der Waals surface area contributed by atoms with Crippen molar-refractivity contribution in [2.45, 2.75) is 57.7 Å². The molecule has 1 saturated heterocycles. The molecular formula is C12H20O2. The van der Waals surface area contributed by atoms with Crippen LogP contribution in [0.4, 0.5) is 0 Å². The average Bonchev–Trinajstić information content (AvgIpc) is 2.58. The van der Waals surface area contributed by atoms with E-state index in [2.05, 4.69) is 13.8 Å². The van der Waals surface area contributed by atoms with Gasteiger partial charge in [0, 0.05) is 0 Å². The molecule has 4 unspecified atom stereocenters. The molecule has 2 fully saturated rings. The van der Waals surface area contributed by atoms with Gasteiger partial charge in [-0.3, -0.25) is 0 Å². The quantitative estimate of drug-likeness (QED) is 0.602. The number of aldehydes is 1. The van der Waals surface area contributed by atoms with Gasteiger partial charge in [0.25, 0.3) is 0 Å². The van der Waals surface area contributed by atoms with Gasteiger partial charge < -0.3 is 9.53 Å². The van der Waals surface area contributed by atoms with E-state index in [0.717, 1.165) is 31.5 Å². The highest BCUT2D eigenvalue weighted by Gasteiger charge is 2.46. The van der Waals surface area contributed by atoms with Crippen LogP contribution in [0.1, 0.15) is 46.0 Å². The van der Waals surface area contributed by atoms with Crippen LogP contribution in [0.3, 0.4) is 0 Å². The molecule has 80 valence electrons. The lowest BCUT2D eigenvalue weighted by molar-refractivity contribution is -0.132. The highest BCUT2D eigenvalue weighted by atomic mass is 16.5. The molecule has 0 aromatic rings. The first kappa shape index (κ1) is 10.2. The fourth-order valence-corrected chi connectivity index (χ4v) is 3.12. The largest absolute Gasteiger partial charge is 0.364 e. The lowest BCUT2D eigenvalue weighted by Gasteiger charge is -2.41. The lowest BCUT2D eigenvalue weighted by Crippen LogP contribution is -2.41. The van der Waals surface area contributed by atoms with Crippen LogP contribution in [-0.2, 0) is 9.53 Å². The minimum absolute atomic E-state index is 0.0537. The Kier molecular flexibility index (Phi) is 2.65. The molecule has 4 atom stereocenters. The van der Waals surface area contributed by atoms with Gasteiger partial charge in [-0.1, -0.05) is 13.8 Å². The van der Waals surface area contributed by atoms with Crippen LogP contribution in [-0.4, -0.2) is 18.0 Å². The van der Waals surface area contributed by atoms with Gasteiger partial charge in [-0.05, 0) is 43.9 Å². The molecule has 2 heteroatoms. The number of rotatable bonds is 1. The minimum atomic E-state index is -0.120. The maximum absolute atomic E-state index is 10.7. The topological polar surface area (TPSA) is 26.3 Å². The van der Waals surface area contributed by atoms with Crippen LogP contribution >= 0.6 is 0 Å². The summed E-state index contributed by atoms with van der Waals surface area (Å²) in [7, 11) is 0. The van der Waals surface area contributed by atoms with Crippen molar-refractivity contribution in [3.63, 3.8) is 0 Å². The zero-order valence-electron chi connectivity index (χ0n) is 9.16. The van der Waals surface area contributed by atoms with Gasteiger partial charge >= 0.3 is 0 Å². The summed E-state index contributed by atoms with van der Waals surface area (Å²) in [5.74, 6) is 1.45. The third kappa shape index (κ3) is 1.60. The van der Waals surface area contributed by atoms with E-state index in [1.807, 2.05) is 0 Å². The zero-order chi connectivity index (χ0) is 10.2. The summed E-state index contributed by atoms with van der Waals surface area (Å²) in [6.45, 7) is 4.60. The van der Waals surface area contributed by atoms with Crippen LogP contribution in [0.2, 0.25) is 0 Å². The van der Waals surface area contributed by atoms with E-state index in [9.17, 15) is 4.79 Å². The van der Waals surface area contributed by atoms with Crippen LogP contribution in [0, 0.1) is 11.8 Å². The molecule has 1 aliphatic heterocycles. The maximum Gasteiger partial charge on any atom is 0.148 e. The van der Waals surface area contributed by atoms with Crippen LogP contribution < -0.4 is 0 Å². The predicted octanol–water partition coefficient (Wildman–Crippen LogP) is 2.56. The Morgan fingerprint density at radius 1 is 1.29 bits per heavy atom. The molecule has 2 rings (SSSR count). The third-order valence-corrected chi connectivity index (χ3v) is 4.10. The lowest BCUT2D eigenvalue weighted by atomic mass is 9.71. The zero-order valence-corrected chi connectivity index (χ0v) is 9.16. The third-order valence-electron chi connectivity index (χ3n) is 4.10. The summed E-state index contributed by atoms with van der Waals surface area (Å²) >= 11 is 0. The van der Waals surface area contributed by atoms with E-state index >= 15 is 0 Å². The number of ether oxygens (including phenoxy) is 1. The van der Waals surface area contributed by atoms with E-state index in [1.165, 1.54) is 12.8 Å². The van der Waals surface area contributed by atoms with Gasteiger partial charge in [0.2, 0.25) is 0 Å². The first-order valence-corrected chi connectivity index (χ1v) is 5.79. The predicted molar refractivity (Wildman–Crippen MR) is 55.1 cm³/mol. The molecule has 0 amide bonds. The second-order valence-corrected chi connectivity index (χ2v) is 5.18. The van der Waals surface area contributed by atoms with E-state index in [4.69, 9.17) is 4.74 Å². The summed E-state index contributed by atoms with van der Waals surface area (Å²) in [4.78, 5) is 10.7. The molecule has 1 aliphatic carbocycles. The van der Waals surface area contributed by atoms with Crippen molar-refractivity contribution in [1.82, 2.24) is 0 Å². The van der Waals surface area contributed by atoms with Gasteiger partial charge in [0.15, 0.2) is 0 Å². The minimum Gasteiger partial charge on any atom is -0.364 e. The molecule has 2 nitrogen and oxygen atoms in total. The number of carbonyl (C=O) groups is 1. The Hall–Kier alpha value is -0.370. The van der Waals surface area contributed by atoms with Crippen molar-refractivity contribution in [3.05, 3.63) is 0 Å². The first-order chi connectivity index (χ1) is 6.66. The molecule has 0 aromatic carbocycles. The van der Waals surface area contributed by atoms with Gasteiger partial charge in [-0.15, -0.1) is 0 Å². The summed E-state index contributed by atoms with van der Waals surface area (Å²) in [5.41, 5.74) is 0.0537. The molecule has 1 spiro atoms. The molecular weight excluding hydrogens is 176 g/mol. The Morgan fingerprint density at radius 3 is 2.57 bits per heavy atom. The Morgan fingerprint density at radius 2 is 2.00 bits per heavy atom. The van der Waals surface area contributed by atoms with Crippen molar-refractivity contribution < 1.29 is 9.53 Å². The van der Waals surface area contributed by atoms with E-state index in [1.54, 1.807) is 0 Å². The average molecular weight is 196 g/mol. The van der Waals surface area contributed by atoms with Gasteiger partial charge in [-0.2, -0.15) is 0 Å². The molecule has 0 bridgehead atoms. The SMILES string of the molecule is CC1CCC2(CCC(C=O)O2)C(C)C1. The van der Waals surface area contributed by atoms with Crippen LogP contribution in [0.25, 0.3) is 0 Å². The first-order valence-electron chi connectivity index (χ1n) is 5.79. The number of carbonyl (C=O) groups excluding carboxylic acids is 1. The van der Waals surface area contributed by atoms with Gasteiger partial charge in [0.1, 0.15) is 12.4 Å². The summed E-state index contributed by atoms with van der Waals surface area (Å²) < 4.78 is 5.93. The van der Waals surface area contributed by atoms with E-state index in [0.29, 0.717) is 5.92 Å². The van der Waals surface area contributed by atoms with Crippen LogP contribution in [0.5, 0.6) is 0 Å². The molecule has 14 heavy (non-hydrogen) atoms. The van der Waals surface area contributed by atoms with Gasteiger partial charge in [-0.25, -0.2) is 0 Å². The van der Waals surface area contributed by atoms with E-state index in [-0.39, 0.29) is 11.7 Å². The highest BCUT2D eigenvalue weighted by Crippen LogP contribution is 2.46. The molecule has 1 saturated carbocycles. The summed E-state index contributed by atoms with van der Waals surface area (Å²) in [6.07, 6.45) is 6.54. The monoisotopic (exact) mass is 196 g/mol. The standard InChI is InChI=1S/C12H20O2/c1-9-3-5-12(10(2)7-9)6-4-11(8-13)14-12/h8-11H,3-7H2,1-2H3. The molecule has 0 radical (unpaired) electrons. The van der Waals surface area contributed by atoms with Gasteiger partial charge in [0.05, 0.1) is 5.60 Å². The maximum atomic E-state index is 10.7. The second kappa shape index (κ2) is 3.65. The Balaban J connectivity index is 2.05. The number of hydrogen-bond donors (Lipinski definition) is 0. The summed E-state index contributed by atoms with van der Waals surface area (Å²) in [5, 5.41) is 0. The normalized spacial score (nSPS) is 48.3. The smallest absolute Gasteiger partial charge is 0.148 e. The fraction of sp³-hybridized carbons (Fsp3) is 0.917.